The summed E-state index contributed by atoms with van der Waals surface area (Å²) in [5.74, 6) is 2.49. The Balaban J connectivity index is 1.69. The van der Waals surface area contributed by atoms with E-state index in [1.165, 1.54) is 0 Å². The van der Waals surface area contributed by atoms with Crippen molar-refractivity contribution in [2.75, 3.05) is 24.4 Å². The molecule has 29 heavy (non-hydrogen) atoms. The minimum absolute atomic E-state index is 0.334. The van der Waals surface area contributed by atoms with Crippen molar-refractivity contribution >= 4 is 23.3 Å². The van der Waals surface area contributed by atoms with Gasteiger partial charge in [-0.25, -0.2) is 14.8 Å². The van der Waals surface area contributed by atoms with E-state index in [4.69, 9.17) is 9.47 Å². The van der Waals surface area contributed by atoms with Crippen LogP contribution < -0.4 is 15.4 Å². The van der Waals surface area contributed by atoms with Crippen molar-refractivity contribution in [2.24, 2.45) is 0 Å². The van der Waals surface area contributed by atoms with Crippen molar-refractivity contribution in [3.63, 3.8) is 0 Å². The van der Waals surface area contributed by atoms with Crippen molar-refractivity contribution in [1.29, 1.82) is 0 Å². The minimum Gasteiger partial charge on any atom is -0.496 e. The topological polar surface area (TPSA) is 85.4 Å². The van der Waals surface area contributed by atoms with Gasteiger partial charge in [-0.15, -0.1) is 0 Å². The van der Waals surface area contributed by atoms with E-state index in [9.17, 15) is 4.79 Å². The minimum atomic E-state index is -0.334. The first kappa shape index (κ1) is 20.1. The van der Waals surface area contributed by atoms with Gasteiger partial charge in [0.25, 0.3) is 0 Å². The largest absolute Gasteiger partial charge is 0.496 e. The van der Waals surface area contributed by atoms with Crippen molar-refractivity contribution in [3.05, 3.63) is 71.5 Å². The van der Waals surface area contributed by atoms with Gasteiger partial charge in [0.2, 0.25) is 0 Å². The van der Waals surface area contributed by atoms with Crippen LogP contribution in [0.3, 0.4) is 0 Å². The molecule has 0 saturated heterocycles. The number of aromatic nitrogens is 2. The molecule has 0 atom stereocenters. The monoisotopic (exact) mass is 392 g/mol. The molecule has 2 N–H and O–H groups in total. The highest BCUT2D eigenvalue weighted by molar-refractivity contribution is 5.89. The van der Waals surface area contributed by atoms with Gasteiger partial charge < -0.3 is 20.1 Å². The third kappa shape index (κ3) is 5.44. The number of anilines is 3. The quantitative estimate of drug-likeness (QED) is 0.552. The normalized spacial score (nSPS) is 10.3. The Bertz CT molecular complexity index is 974. The Labute approximate surface area is 170 Å². The molecule has 0 aliphatic heterocycles. The molecule has 3 aromatic rings. The molecule has 0 aliphatic rings. The zero-order valence-corrected chi connectivity index (χ0v) is 16.7. The van der Waals surface area contributed by atoms with Crippen molar-refractivity contribution < 1.29 is 14.3 Å². The van der Waals surface area contributed by atoms with Crippen molar-refractivity contribution in [1.82, 2.24) is 9.97 Å². The van der Waals surface area contributed by atoms with E-state index in [0.29, 0.717) is 36.2 Å². The predicted molar refractivity (Wildman–Crippen MR) is 113 cm³/mol. The lowest BCUT2D eigenvalue weighted by molar-refractivity contribution is 0.0526. The van der Waals surface area contributed by atoms with Gasteiger partial charge >= 0.3 is 5.97 Å². The number of hydrogen-bond donors (Lipinski definition) is 2. The van der Waals surface area contributed by atoms with Crippen LogP contribution in [0.1, 0.15) is 28.7 Å². The molecule has 1 heterocycles. The molecule has 0 spiro atoms. The van der Waals surface area contributed by atoms with E-state index in [1.807, 2.05) is 49.4 Å². The second-order valence-corrected chi connectivity index (χ2v) is 6.27. The van der Waals surface area contributed by atoms with Crippen LogP contribution in [0.4, 0.5) is 17.3 Å². The number of para-hydroxylation sites is 1. The molecule has 7 heteroatoms. The molecule has 2 aromatic carbocycles. The van der Waals surface area contributed by atoms with Crippen LogP contribution in [0, 0.1) is 6.92 Å². The molecule has 0 amide bonds. The van der Waals surface area contributed by atoms with Crippen molar-refractivity contribution in [2.45, 2.75) is 20.4 Å². The van der Waals surface area contributed by atoms with Crippen molar-refractivity contribution in [3.8, 4) is 5.75 Å². The van der Waals surface area contributed by atoms with Gasteiger partial charge in [-0.05, 0) is 44.2 Å². The summed E-state index contributed by atoms with van der Waals surface area (Å²) in [6.45, 7) is 4.55. The second-order valence-electron chi connectivity index (χ2n) is 6.27. The van der Waals surface area contributed by atoms with Gasteiger partial charge in [0, 0.05) is 23.9 Å². The Morgan fingerprint density at radius 1 is 1.03 bits per heavy atom. The summed E-state index contributed by atoms with van der Waals surface area (Å²) < 4.78 is 10.4. The average molecular weight is 392 g/mol. The first-order chi connectivity index (χ1) is 14.1. The summed E-state index contributed by atoms with van der Waals surface area (Å²) in [7, 11) is 1.66. The first-order valence-electron chi connectivity index (χ1n) is 9.34. The Morgan fingerprint density at radius 2 is 1.76 bits per heavy atom. The molecule has 1 aromatic heterocycles. The van der Waals surface area contributed by atoms with Crippen LogP contribution in [0.25, 0.3) is 0 Å². The van der Waals surface area contributed by atoms with Crippen LogP contribution >= 0.6 is 0 Å². The summed E-state index contributed by atoms with van der Waals surface area (Å²) in [4.78, 5) is 20.6. The maximum atomic E-state index is 11.8. The van der Waals surface area contributed by atoms with E-state index >= 15 is 0 Å². The molecule has 0 aliphatic carbocycles. The Kier molecular flexibility index (Phi) is 6.63. The highest BCUT2D eigenvalue weighted by Crippen LogP contribution is 2.21. The van der Waals surface area contributed by atoms with E-state index in [1.54, 1.807) is 26.2 Å². The smallest absolute Gasteiger partial charge is 0.338 e. The van der Waals surface area contributed by atoms with Gasteiger partial charge in [0.15, 0.2) is 0 Å². The van der Waals surface area contributed by atoms with Crippen LogP contribution in [0.5, 0.6) is 5.75 Å². The van der Waals surface area contributed by atoms with E-state index < -0.39 is 0 Å². The lowest BCUT2D eigenvalue weighted by Crippen LogP contribution is -2.06. The number of nitrogens with one attached hydrogen (secondary N) is 2. The fourth-order valence-electron chi connectivity index (χ4n) is 2.81. The Morgan fingerprint density at radius 3 is 2.48 bits per heavy atom. The number of esters is 1. The zero-order valence-electron chi connectivity index (χ0n) is 16.7. The summed E-state index contributed by atoms with van der Waals surface area (Å²) >= 11 is 0. The SMILES string of the molecule is CCOC(=O)c1ccc(Nc2cc(NCc3ccccc3OC)nc(C)n2)cc1. The summed E-state index contributed by atoms with van der Waals surface area (Å²) in [5.41, 5.74) is 2.36. The summed E-state index contributed by atoms with van der Waals surface area (Å²) in [6, 6.07) is 16.7. The molecule has 3 rings (SSSR count). The third-order valence-electron chi connectivity index (χ3n) is 4.16. The number of carbonyl (C=O) groups is 1. The maximum absolute atomic E-state index is 11.8. The molecular weight excluding hydrogens is 368 g/mol. The van der Waals surface area contributed by atoms with Crippen LogP contribution in [0.15, 0.2) is 54.6 Å². The summed E-state index contributed by atoms with van der Waals surface area (Å²) in [5, 5.41) is 6.54. The number of ether oxygens (including phenoxy) is 2. The van der Waals surface area contributed by atoms with Crippen LogP contribution in [-0.4, -0.2) is 29.7 Å². The summed E-state index contributed by atoms with van der Waals surface area (Å²) in [6.07, 6.45) is 0. The van der Waals surface area contributed by atoms with Gasteiger partial charge in [0.1, 0.15) is 23.2 Å². The molecular formula is C22H24N4O3. The number of nitrogens with zero attached hydrogens (tertiary/aromatic N) is 2. The maximum Gasteiger partial charge on any atom is 0.338 e. The van der Waals surface area contributed by atoms with Gasteiger partial charge in [-0.2, -0.15) is 0 Å². The number of carbonyl (C=O) groups excluding carboxylic acids is 1. The van der Waals surface area contributed by atoms with Gasteiger partial charge in [0.05, 0.1) is 19.3 Å². The number of rotatable bonds is 8. The molecule has 0 saturated carbocycles. The molecule has 0 unspecified atom stereocenters. The lowest BCUT2D eigenvalue weighted by atomic mass is 10.2. The number of hydrogen-bond acceptors (Lipinski definition) is 7. The van der Waals surface area contributed by atoms with E-state index in [2.05, 4.69) is 20.6 Å². The number of benzene rings is 2. The second kappa shape index (κ2) is 9.54. The van der Waals surface area contributed by atoms with Gasteiger partial charge in [-0.1, -0.05) is 18.2 Å². The van der Waals surface area contributed by atoms with Crippen LogP contribution in [-0.2, 0) is 11.3 Å². The first-order valence-corrected chi connectivity index (χ1v) is 9.34. The highest BCUT2D eigenvalue weighted by atomic mass is 16.5. The average Bonchev–Trinajstić information content (AvgIpc) is 2.73. The van der Waals surface area contributed by atoms with E-state index in [-0.39, 0.29) is 5.97 Å². The number of methoxy groups -OCH3 is 1. The molecule has 150 valence electrons. The Hall–Kier alpha value is -3.61. The van der Waals surface area contributed by atoms with E-state index in [0.717, 1.165) is 17.0 Å². The molecule has 0 bridgehead atoms. The number of aryl methyl sites for hydroxylation is 1. The van der Waals surface area contributed by atoms with Crippen LogP contribution in [0.2, 0.25) is 0 Å². The van der Waals surface area contributed by atoms with Gasteiger partial charge in [-0.3, -0.25) is 0 Å². The predicted octanol–water partition coefficient (Wildman–Crippen LogP) is 4.33. The zero-order chi connectivity index (χ0) is 20.6. The molecule has 0 fully saturated rings. The lowest BCUT2D eigenvalue weighted by Gasteiger charge is -2.12. The fourth-order valence-corrected chi connectivity index (χ4v) is 2.81. The highest BCUT2D eigenvalue weighted by Gasteiger charge is 2.08. The fraction of sp³-hybridized carbons (Fsp3) is 0.227. The molecule has 0 radical (unpaired) electrons. The third-order valence-corrected chi connectivity index (χ3v) is 4.16. The molecule has 7 nitrogen and oxygen atoms in total. The standard InChI is InChI=1S/C22H24N4O3/c1-4-29-22(27)16-9-11-18(12-10-16)26-21-13-20(24-15(2)25-21)23-14-17-7-5-6-8-19(17)28-3/h5-13H,4,14H2,1-3H3,(H2,23,24,25,26).